The number of hydrogen-bond acceptors (Lipinski definition) is 3. The molecule has 0 bridgehead atoms. The molecule has 0 aliphatic carbocycles. The van der Waals surface area contributed by atoms with Gasteiger partial charge in [0.1, 0.15) is 11.6 Å². The molecule has 0 aromatic heterocycles. The molecule has 0 amide bonds. The number of benzene rings is 1. The highest BCUT2D eigenvalue weighted by atomic mass is 32.2. The third-order valence-corrected chi connectivity index (χ3v) is 2.43. The maximum atomic E-state index is 13.0. The highest BCUT2D eigenvalue weighted by Gasteiger charge is 2.13. The molecule has 1 rings (SSSR count). The predicted molar refractivity (Wildman–Crippen MR) is 53.1 cm³/mol. The van der Waals surface area contributed by atoms with Crippen LogP contribution in [0.2, 0.25) is 0 Å². The Bertz CT molecular complexity index is 470. The van der Waals surface area contributed by atoms with Crippen LogP contribution in [0, 0.1) is 5.82 Å². The van der Waals surface area contributed by atoms with E-state index in [2.05, 4.69) is 5.14 Å². The first-order valence-electron chi connectivity index (χ1n) is 4.14. The van der Waals surface area contributed by atoms with E-state index in [1.165, 1.54) is 18.2 Å². The zero-order valence-electron chi connectivity index (χ0n) is 7.81. The van der Waals surface area contributed by atoms with E-state index in [4.69, 9.17) is 0 Å². The molecule has 0 spiro atoms. The molecule has 0 atom stereocenters. The van der Waals surface area contributed by atoms with E-state index in [9.17, 15) is 17.6 Å². The van der Waals surface area contributed by atoms with Crippen molar-refractivity contribution in [2.45, 2.75) is 6.42 Å². The van der Waals surface area contributed by atoms with Crippen LogP contribution < -0.4 is 5.14 Å². The summed E-state index contributed by atoms with van der Waals surface area (Å²) in [4.78, 5) is 11.2. The Hall–Kier alpha value is -1.27. The summed E-state index contributed by atoms with van der Waals surface area (Å²) in [5.41, 5.74) is 0.172. The summed E-state index contributed by atoms with van der Waals surface area (Å²) in [6, 6.07) is 5.70. The van der Waals surface area contributed by atoms with E-state index >= 15 is 0 Å². The van der Waals surface area contributed by atoms with Gasteiger partial charge in [0.05, 0.1) is 0 Å². The van der Waals surface area contributed by atoms with Crippen LogP contribution in [-0.2, 0) is 21.2 Å². The molecule has 15 heavy (non-hydrogen) atoms. The second-order valence-corrected chi connectivity index (χ2v) is 4.73. The van der Waals surface area contributed by atoms with Crippen LogP contribution in [0.5, 0.6) is 0 Å². The molecule has 4 nitrogen and oxygen atoms in total. The van der Waals surface area contributed by atoms with E-state index in [1.54, 1.807) is 6.07 Å². The third-order valence-electron chi connectivity index (χ3n) is 1.71. The van der Waals surface area contributed by atoms with Gasteiger partial charge in [0.25, 0.3) is 0 Å². The lowest BCUT2D eigenvalue weighted by Gasteiger charge is -2.01. The lowest BCUT2D eigenvalue weighted by molar-refractivity contribution is -0.116. The van der Waals surface area contributed by atoms with Crippen LogP contribution in [0.1, 0.15) is 5.56 Å². The molecule has 0 unspecified atom stereocenters. The SMILES string of the molecule is NS(=O)(=O)CC(=O)Cc1ccccc1F. The first-order valence-corrected chi connectivity index (χ1v) is 5.85. The van der Waals surface area contributed by atoms with Crippen LogP contribution in [-0.4, -0.2) is 20.0 Å². The summed E-state index contributed by atoms with van der Waals surface area (Å²) in [5, 5.41) is 4.69. The first-order chi connectivity index (χ1) is 6.88. The Labute approximate surface area is 87.0 Å². The monoisotopic (exact) mass is 231 g/mol. The zero-order valence-corrected chi connectivity index (χ0v) is 8.63. The predicted octanol–water partition coefficient (Wildman–Crippen LogP) is 0.226. The van der Waals surface area contributed by atoms with Crippen molar-refractivity contribution in [1.82, 2.24) is 0 Å². The average Bonchev–Trinajstić information content (AvgIpc) is 2.05. The molecule has 82 valence electrons. The summed E-state index contributed by atoms with van der Waals surface area (Å²) in [7, 11) is -3.83. The van der Waals surface area contributed by atoms with Gasteiger partial charge in [0.2, 0.25) is 10.0 Å². The standard InChI is InChI=1S/C9H10FNO3S/c10-9-4-2-1-3-7(9)5-8(12)6-15(11,13)14/h1-4H,5-6H2,(H2,11,13,14). The number of carbonyl (C=O) groups excluding carboxylic acids is 1. The van der Waals surface area contributed by atoms with E-state index in [0.29, 0.717) is 0 Å². The Balaban J connectivity index is 2.72. The van der Waals surface area contributed by atoms with Gasteiger partial charge in [-0.3, -0.25) is 4.79 Å². The summed E-state index contributed by atoms with van der Waals surface area (Å²) >= 11 is 0. The maximum absolute atomic E-state index is 13.0. The normalized spacial score (nSPS) is 11.3. The molecule has 2 N–H and O–H groups in total. The van der Waals surface area contributed by atoms with Crippen LogP contribution in [0.15, 0.2) is 24.3 Å². The summed E-state index contributed by atoms with van der Waals surface area (Å²) in [5.74, 6) is -1.91. The summed E-state index contributed by atoms with van der Waals surface area (Å²) in [6.07, 6.45) is -0.261. The fourth-order valence-corrected chi connectivity index (χ4v) is 1.68. The van der Waals surface area contributed by atoms with Crippen LogP contribution in [0.3, 0.4) is 0 Å². The number of Topliss-reactive ketones (excluding diaryl/α,β-unsaturated/α-hetero) is 1. The van der Waals surface area contributed by atoms with Gasteiger partial charge in [-0.15, -0.1) is 0 Å². The molecule has 1 aromatic rings. The van der Waals surface area contributed by atoms with Gasteiger partial charge in [-0.05, 0) is 11.6 Å². The minimum absolute atomic E-state index is 0.172. The van der Waals surface area contributed by atoms with Gasteiger partial charge in [-0.2, -0.15) is 0 Å². The maximum Gasteiger partial charge on any atom is 0.216 e. The molecule has 6 heteroatoms. The number of nitrogens with two attached hydrogens (primary N) is 1. The molecule has 0 heterocycles. The molecule has 0 aliphatic heterocycles. The average molecular weight is 231 g/mol. The fourth-order valence-electron chi connectivity index (χ4n) is 1.13. The number of hydrogen-bond donors (Lipinski definition) is 1. The Morgan fingerprint density at radius 1 is 1.33 bits per heavy atom. The van der Waals surface area contributed by atoms with Gasteiger partial charge < -0.3 is 0 Å². The number of rotatable bonds is 4. The summed E-state index contributed by atoms with van der Waals surface area (Å²) in [6.45, 7) is 0. The number of carbonyl (C=O) groups is 1. The van der Waals surface area contributed by atoms with E-state index in [0.717, 1.165) is 0 Å². The Morgan fingerprint density at radius 2 is 1.93 bits per heavy atom. The summed E-state index contributed by atoms with van der Waals surface area (Å²) < 4.78 is 34.2. The molecular weight excluding hydrogens is 221 g/mol. The topological polar surface area (TPSA) is 77.2 Å². The van der Waals surface area contributed by atoms with Gasteiger partial charge in [0.15, 0.2) is 5.78 Å². The highest BCUT2D eigenvalue weighted by Crippen LogP contribution is 2.07. The van der Waals surface area contributed by atoms with Crippen molar-refractivity contribution in [3.05, 3.63) is 35.6 Å². The number of ketones is 1. The van der Waals surface area contributed by atoms with Crippen molar-refractivity contribution in [2.24, 2.45) is 5.14 Å². The molecule has 0 radical (unpaired) electrons. The molecule has 0 aliphatic rings. The largest absolute Gasteiger partial charge is 0.298 e. The molecule has 0 fully saturated rings. The molecule has 0 saturated heterocycles. The minimum Gasteiger partial charge on any atom is -0.298 e. The van der Waals surface area contributed by atoms with E-state index in [1.807, 2.05) is 0 Å². The van der Waals surface area contributed by atoms with E-state index in [-0.39, 0.29) is 12.0 Å². The molecular formula is C9H10FNO3S. The number of primary sulfonamides is 1. The second kappa shape index (κ2) is 4.50. The number of sulfonamides is 1. The van der Waals surface area contributed by atoms with Crippen LogP contribution in [0.4, 0.5) is 4.39 Å². The van der Waals surface area contributed by atoms with E-state index < -0.39 is 27.4 Å². The van der Waals surface area contributed by atoms with Crippen molar-refractivity contribution in [3.8, 4) is 0 Å². The van der Waals surface area contributed by atoms with Gasteiger partial charge in [0, 0.05) is 6.42 Å². The number of halogens is 1. The van der Waals surface area contributed by atoms with Crippen LogP contribution >= 0.6 is 0 Å². The lowest BCUT2D eigenvalue weighted by atomic mass is 10.1. The van der Waals surface area contributed by atoms with Crippen molar-refractivity contribution >= 4 is 15.8 Å². The van der Waals surface area contributed by atoms with Gasteiger partial charge in [-0.25, -0.2) is 17.9 Å². The first kappa shape index (κ1) is 11.8. The third kappa shape index (κ3) is 4.18. The highest BCUT2D eigenvalue weighted by molar-refractivity contribution is 7.89. The second-order valence-electron chi connectivity index (χ2n) is 3.11. The Morgan fingerprint density at radius 3 is 2.47 bits per heavy atom. The lowest BCUT2D eigenvalue weighted by Crippen LogP contribution is -2.24. The minimum atomic E-state index is -3.83. The zero-order chi connectivity index (χ0) is 11.5. The van der Waals surface area contributed by atoms with Crippen molar-refractivity contribution in [2.75, 3.05) is 5.75 Å². The quantitative estimate of drug-likeness (QED) is 0.805. The van der Waals surface area contributed by atoms with Gasteiger partial charge >= 0.3 is 0 Å². The molecule has 1 aromatic carbocycles. The van der Waals surface area contributed by atoms with Crippen molar-refractivity contribution in [3.63, 3.8) is 0 Å². The van der Waals surface area contributed by atoms with Gasteiger partial charge in [-0.1, -0.05) is 18.2 Å². The van der Waals surface area contributed by atoms with Crippen LogP contribution in [0.25, 0.3) is 0 Å². The Kier molecular flexibility index (Phi) is 3.54. The fraction of sp³-hybridized carbons (Fsp3) is 0.222. The smallest absolute Gasteiger partial charge is 0.216 e. The van der Waals surface area contributed by atoms with Crippen molar-refractivity contribution < 1.29 is 17.6 Å². The van der Waals surface area contributed by atoms with Crippen molar-refractivity contribution in [1.29, 1.82) is 0 Å². The molecule has 0 saturated carbocycles.